The van der Waals surface area contributed by atoms with Crippen molar-refractivity contribution in [2.24, 2.45) is 0 Å². The van der Waals surface area contributed by atoms with Gasteiger partial charge in [-0.15, -0.1) is 11.3 Å². The Labute approximate surface area is 160 Å². The molecular weight excluding hydrogens is 344 g/mol. The molecule has 142 valence electrons. The highest BCUT2D eigenvalue weighted by Crippen LogP contribution is 2.40. The molecule has 1 aromatic heterocycles. The molecule has 3 fully saturated rings. The van der Waals surface area contributed by atoms with Crippen molar-refractivity contribution in [3.63, 3.8) is 0 Å². The number of nitrogens with zero attached hydrogens (tertiary/aromatic N) is 2. The molecule has 1 aromatic rings. The second-order valence-electron chi connectivity index (χ2n) is 8.56. The fraction of sp³-hybridized carbons (Fsp3) is 0.762. The fourth-order valence-electron chi connectivity index (χ4n) is 5.68. The van der Waals surface area contributed by atoms with Crippen LogP contribution in [0, 0.1) is 0 Å². The van der Waals surface area contributed by atoms with E-state index in [2.05, 4.69) is 15.9 Å². The lowest BCUT2D eigenvalue weighted by Crippen LogP contribution is -2.64. The standard InChI is InChI=1S/C21H30N2O2S/c24-20(18-14-16-6-5-7-17(16)26-18)23-12-13-25-21(15-23)9-2-1-8-19(21)22-10-3-4-11-22/h14,19H,1-13,15H2/t19-,21-/m0/s1. The van der Waals surface area contributed by atoms with Gasteiger partial charge in [-0.1, -0.05) is 12.8 Å². The Kier molecular flexibility index (Phi) is 4.58. The first-order chi connectivity index (χ1) is 12.8. The van der Waals surface area contributed by atoms with Crippen molar-refractivity contribution in [3.8, 4) is 0 Å². The van der Waals surface area contributed by atoms with Crippen molar-refractivity contribution in [2.45, 2.75) is 69.4 Å². The summed E-state index contributed by atoms with van der Waals surface area (Å²) in [5, 5.41) is 0. The number of amides is 1. The Morgan fingerprint density at radius 2 is 2.00 bits per heavy atom. The van der Waals surface area contributed by atoms with Crippen LogP contribution < -0.4 is 0 Å². The molecule has 26 heavy (non-hydrogen) atoms. The van der Waals surface area contributed by atoms with Crippen LogP contribution in [0.4, 0.5) is 0 Å². The first-order valence-electron chi connectivity index (χ1n) is 10.5. The zero-order valence-electron chi connectivity index (χ0n) is 15.7. The SMILES string of the molecule is O=C(c1cc2c(s1)CCC2)N1CCO[C@@]2(CCCC[C@@H]2N2CCCC2)C1. The average Bonchev–Trinajstić information content (AvgIpc) is 3.39. The van der Waals surface area contributed by atoms with Gasteiger partial charge in [-0.05, 0) is 69.7 Å². The third-order valence-electron chi connectivity index (χ3n) is 6.97. The van der Waals surface area contributed by atoms with Gasteiger partial charge in [-0.25, -0.2) is 0 Å². The highest BCUT2D eigenvalue weighted by Gasteiger charge is 2.48. The number of rotatable bonds is 2. The van der Waals surface area contributed by atoms with E-state index in [4.69, 9.17) is 4.74 Å². The molecule has 0 aromatic carbocycles. The molecule has 2 aliphatic carbocycles. The summed E-state index contributed by atoms with van der Waals surface area (Å²) in [6, 6.07) is 2.68. The van der Waals surface area contributed by atoms with Crippen molar-refractivity contribution in [1.82, 2.24) is 9.80 Å². The molecule has 0 unspecified atom stereocenters. The van der Waals surface area contributed by atoms with E-state index in [1.807, 2.05) is 0 Å². The highest BCUT2D eigenvalue weighted by molar-refractivity contribution is 7.14. The third kappa shape index (κ3) is 2.92. The maximum absolute atomic E-state index is 13.2. The number of carbonyl (C=O) groups excluding carboxylic acids is 1. The molecule has 0 radical (unpaired) electrons. The lowest BCUT2D eigenvalue weighted by atomic mass is 9.78. The van der Waals surface area contributed by atoms with Gasteiger partial charge < -0.3 is 9.64 Å². The first-order valence-corrected chi connectivity index (χ1v) is 11.4. The van der Waals surface area contributed by atoms with E-state index >= 15 is 0 Å². The van der Waals surface area contributed by atoms with Crippen LogP contribution in [-0.2, 0) is 17.6 Å². The summed E-state index contributed by atoms with van der Waals surface area (Å²) in [5.41, 5.74) is 1.30. The molecule has 0 N–H and O–H groups in total. The quantitative estimate of drug-likeness (QED) is 0.794. The smallest absolute Gasteiger partial charge is 0.264 e. The number of carbonyl (C=O) groups is 1. The normalized spacial score (nSPS) is 32.3. The second-order valence-corrected chi connectivity index (χ2v) is 9.69. The topological polar surface area (TPSA) is 32.8 Å². The Hall–Kier alpha value is -0.910. The monoisotopic (exact) mass is 374 g/mol. The number of hydrogen-bond donors (Lipinski definition) is 0. The summed E-state index contributed by atoms with van der Waals surface area (Å²) in [6.07, 6.45) is 11.1. The van der Waals surface area contributed by atoms with Crippen LogP contribution in [0.25, 0.3) is 0 Å². The van der Waals surface area contributed by atoms with Gasteiger partial charge in [0.05, 0.1) is 18.0 Å². The molecule has 4 aliphatic rings. The molecule has 0 bridgehead atoms. The molecule has 2 atom stereocenters. The van der Waals surface area contributed by atoms with Gasteiger partial charge in [-0.3, -0.25) is 9.69 Å². The minimum atomic E-state index is -0.128. The Balaban J connectivity index is 1.36. The predicted molar refractivity (Wildman–Crippen MR) is 104 cm³/mol. The fourth-order valence-corrected chi connectivity index (χ4v) is 6.90. The number of ether oxygens (including phenoxy) is 1. The molecule has 1 spiro atoms. The number of aryl methyl sites for hydroxylation is 2. The van der Waals surface area contributed by atoms with Crippen LogP contribution in [0.15, 0.2) is 6.07 Å². The van der Waals surface area contributed by atoms with Crippen LogP contribution in [0.5, 0.6) is 0 Å². The van der Waals surface area contributed by atoms with Crippen molar-refractivity contribution in [3.05, 3.63) is 21.4 Å². The van der Waals surface area contributed by atoms with Crippen molar-refractivity contribution < 1.29 is 9.53 Å². The largest absolute Gasteiger partial charge is 0.370 e. The number of likely N-dealkylation sites (tertiary alicyclic amines) is 1. The predicted octanol–water partition coefficient (Wildman–Crippen LogP) is 3.49. The average molecular weight is 375 g/mol. The Morgan fingerprint density at radius 1 is 1.12 bits per heavy atom. The van der Waals surface area contributed by atoms with Crippen LogP contribution in [0.2, 0.25) is 0 Å². The minimum Gasteiger partial charge on any atom is -0.370 e. The summed E-state index contributed by atoms with van der Waals surface area (Å²) < 4.78 is 6.48. The number of morpholine rings is 1. The number of fused-ring (bicyclic) bond motifs is 1. The van der Waals surface area contributed by atoms with Gasteiger partial charge in [-0.2, -0.15) is 0 Å². The van der Waals surface area contributed by atoms with E-state index in [1.165, 1.54) is 62.1 Å². The molecule has 1 amide bonds. The molecule has 5 rings (SSSR count). The van der Waals surface area contributed by atoms with E-state index < -0.39 is 0 Å². The Bertz CT molecular complexity index is 656. The maximum atomic E-state index is 13.2. The van der Waals surface area contributed by atoms with Gasteiger partial charge in [0.2, 0.25) is 0 Å². The first kappa shape index (κ1) is 17.2. The molecule has 4 nitrogen and oxygen atoms in total. The molecule has 2 aliphatic heterocycles. The van der Waals surface area contributed by atoms with Crippen LogP contribution in [0.1, 0.15) is 65.1 Å². The van der Waals surface area contributed by atoms with Gasteiger partial charge in [0.25, 0.3) is 5.91 Å². The highest BCUT2D eigenvalue weighted by atomic mass is 32.1. The van der Waals surface area contributed by atoms with Crippen molar-refractivity contribution in [1.29, 1.82) is 0 Å². The maximum Gasteiger partial charge on any atom is 0.264 e. The van der Waals surface area contributed by atoms with Crippen molar-refractivity contribution >= 4 is 17.2 Å². The lowest BCUT2D eigenvalue weighted by Gasteiger charge is -2.52. The lowest BCUT2D eigenvalue weighted by molar-refractivity contribution is -0.156. The van der Waals surface area contributed by atoms with Gasteiger partial charge in [0.15, 0.2) is 0 Å². The van der Waals surface area contributed by atoms with Crippen LogP contribution in [-0.4, -0.2) is 60.1 Å². The minimum absolute atomic E-state index is 0.128. The Morgan fingerprint density at radius 3 is 2.85 bits per heavy atom. The molecule has 1 saturated carbocycles. The second kappa shape index (κ2) is 6.92. The number of thiophene rings is 1. The third-order valence-corrected chi connectivity index (χ3v) is 8.20. The molecule has 3 heterocycles. The van der Waals surface area contributed by atoms with E-state index in [0.29, 0.717) is 12.6 Å². The summed E-state index contributed by atoms with van der Waals surface area (Å²) in [6.45, 7) is 4.65. The van der Waals surface area contributed by atoms with E-state index in [0.717, 1.165) is 37.2 Å². The van der Waals surface area contributed by atoms with Crippen LogP contribution in [0.3, 0.4) is 0 Å². The van der Waals surface area contributed by atoms with Gasteiger partial charge in [0.1, 0.15) is 5.60 Å². The zero-order chi connectivity index (χ0) is 17.6. The number of hydrogen-bond acceptors (Lipinski definition) is 4. The summed E-state index contributed by atoms with van der Waals surface area (Å²) >= 11 is 1.74. The van der Waals surface area contributed by atoms with E-state index in [-0.39, 0.29) is 11.5 Å². The summed E-state index contributed by atoms with van der Waals surface area (Å²) in [4.78, 5) is 20.4. The van der Waals surface area contributed by atoms with Crippen molar-refractivity contribution in [2.75, 3.05) is 32.8 Å². The summed E-state index contributed by atoms with van der Waals surface area (Å²) in [7, 11) is 0. The van der Waals surface area contributed by atoms with E-state index in [1.54, 1.807) is 11.3 Å². The molecule has 5 heteroatoms. The zero-order valence-corrected chi connectivity index (χ0v) is 16.5. The van der Waals surface area contributed by atoms with Crippen LogP contribution >= 0.6 is 11.3 Å². The van der Waals surface area contributed by atoms with E-state index in [9.17, 15) is 4.79 Å². The summed E-state index contributed by atoms with van der Waals surface area (Å²) in [5.74, 6) is 0.248. The molecule has 2 saturated heterocycles. The van der Waals surface area contributed by atoms with Gasteiger partial charge >= 0.3 is 0 Å². The molecular formula is C21H30N2O2S. The van der Waals surface area contributed by atoms with Gasteiger partial charge in [0, 0.05) is 17.5 Å².